The number of nitrogens with one attached hydrogen (secondary N) is 1. The van der Waals surface area contributed by atoms with Crippen molar-refractivity contribution in [1.82, 2.24) is 19.8 Å². The van der Waals surface area contributed by atoms with E-state index >= 15 is 0 Å². The van der Waals surface area contributed by atoms with Crippen molar-refractivity contribution in [3.05, 3.63) is 53.1 Å². The predicted molar refractivity (Wildman–Crippen MR) is 122 cm³/mol. The van der Waals surface area contributed by atoms with E-state index in [1.165, 1.54) is 11.1 Å². The molecule has 0 spiro atoms. The fourth-order valence-corrected chi connectivity index (χ4v) is 4.77. The minimum Gasteiger partial charge on any atom is -0.495 e. The number of benzene rings is 2. The van der Waals surface area contributed by atoms with Crippen LogP contribution in [0.3, 0.4) is 0 Å². The average Bonchev–Trinajstić information content (AvgIpc) is 3.43. The van der Waals surface area contributed by atoms with Crippen molar-refractivity contribution in [3.8, 4) is 34.7 Å². The molecule has 2 aromatic carbocycles. The number of hydrogen-bond donors (Lipinski definition) is 1. The van der Waals surface area contributed by atoms with Crippen LogP contribution in [0.2, 0.25) is 0 Å². The maximum absolute atomic E-state index is 9.33. The van der Waals surface area contributed by atoms with Gasteiger partial charge in [0.05, 0.1) is 12.7 Å². The summed E-state index contributed by atoms with van der Waals surface area (Å²) in [5.41, 5.74) is 4.70. The molecule has 160 valence electrons. The van der Waals surface area contributed by atoms with E-state index in [0.717, 1.165) is 30.7 Å². The standard InChI is InChI=1S/C23H25N5O2S/c1-28(2)11-12-31-27-20-9-8-17-18(20)5-4-6-19(17)22-25-23(30-26-22)15-7-10-21(29-3)16(13-15)14-24/h4-7,10,13,20,27H,8-9,11-12H2,1-3H3. The fourth-order valence-electron chi connectivity index (χ4n) is 3.75. The minimum atomic E-state index is 0.327. The molecular formula is C23H25N5O2S. The molecule has 3 aromatic rings. The van der Waals surface area contributed by atoms with Crippen LogP contribution in [-0.2, 0) is 6.42 Å². The number of fused-ring (bicyclic) bond motifs is 1. The van der Waals surface area contributed by atoms with E-state index in [-0.39, 0.29) is 0 Å². The van der Waals surface area contributed by atoms with Crippen molar-refractivity contribution in [2.24, 2.45) is 0 Å². The molecule has 1 N–H and O–H groups in total. The lowest BCUT2D eigenvalue weighted by Crippen LogP contribution is -2.18. The molecule has 31 heavy (non-hydrogen) atoms. The topological polar surface area (TPSA) is 87.2 Å². The van der Waals surface area contributed by atoms with Crippen LogP contribution in [0.5, 0.6) is 5.75 Å². The van der Waals surface area contributed by atoms with Crippen LogP contribution in [0.1, 0.15) is 29.2 Å². The Morgan fingerprint density at radius 3 is 2.97 bits per heavy atom. The number of ether oxygens (including phenoxy) is 1. The first-order valence-corrected chi connectivity index (χ1v) is 11.2. The van der Waals surface area contributed by atoms with Crippen LogP contribution in [0.25, 0.3) is 22.8 Å². The van der Waals surface area contributed by atoms with Gasteiger partial charge in [0.25, 0.3) is 5.89 Å². The Kier molecular flexibility index (Phi) is 6.56. The number of nitrogens with zero attached hydrogens (tertiary/aromatic N) is 4. The molecule has 0 saturated carbocycles. The predicted octanol–water partition coefficient (Wildman–Crippen LogP) is 4.07. The fraction of sp³-hybridized carbons (Fsp3) is 0.348. The first kappa shape index (κ1) is 21.4. The lowest BCUT2D eigenvalue weighted by Gasteiger charge is -2.15. The molecule has 0 fully saturated rings. The summed E-state index contributed by atoms with van der Waals surface area (Å²) < 4.78 is 14.4. The summed E-state index contributed by atoms with van der Waals surface area (Å²) in [6.07, 6.45) is 2.03. The van der Waals surface area contributed by atoms with E-state index < -0.39 is 0 Å². The summed E-state index contributed by atoms with van der Waals surface area (Å²) in [6.45, 7) is 1.04. The Morgan fingerprint density at radius 1 is 1.32 bits per heavy atom. The van der Waals surface area contributed by atoms with Crippen LogP contribution in [0.15, 0.2) is 40.9 Å². The van der Waals surface area contributed by atoms with E-state index in [1.807, 2.05) is 12.1 Å². The highest BCUT2D eigenvalue weighted by Gasteiger charge is 2.26. The molecule has 8 heteroatoms. The Bertz CT molecular complexity index is 1110. The molecule has 0 bridgehead atoms. The maximum atomic E-state index is 9.33. The summed E-state index contributed by atoms with van der Waals surface area (Å²) in [6, 6.07) is 14.0. The van der Waals surface area contributed by atoms with Gasteiger partial charge in [0.2, 0.25) is 5.82 Å². The number of nitriles is 1. The van der Waals surface area contributed by atoms with Crippen molar-refractivity contribution >= 4 is 11.9 Å². The summed E-state index contributed by atoms with van der Waals surface area (Å²) in [7, 11) is 5.72. The largest absolute Gasteiger partial charge is 0.495 e. The molecule has 1 aliphatic rings. The number of hydrogen-bond acceptors (Lipinski definition) is 8. The van der Waals surface area contributed by atoms with E-state index in [2.05, 4.69) is 52.1 Å². The summed E-state index contributed by atoms with van der Waals surface area (Å²) in [5.74, 6) is 2.52. The molecule has 1 atom stereocenters. The first-order valence-electron chi connectivity index (χ1n) is 10.2. The van der Waals surface area contributed by atoms with Gasteiger partial charge in [-0.25, -0.2) is 0 Å². The molecule has 4 rings (SSSR count). The molecule has 0 amide bonds. The Morgan fingerprint density at radius 2 is 2.19 bits per heavy atom. The first-order chi connectivity index (χ1) is 15.1. The van der Waals surface area contributed by atoms with Crippen molar-refractivity contribution in [2.45, 2.75) is 18.9 Å². The highest BCUT2D eigenvalue weighted by Crippen LogP contribution is 2.38. The van der Waals surface area contributed by atoms with Crippen LogP contribution >= 0.6 is 11.9 Å². The van der Waals surface area contributed by atoms with Crippen LogP contribution in [0, 0.1) is 11.3 Å². The molecule has 7 nitrogen and oxygen atoms in total. The van der Waals surface area contributed by atoms with Gasteiger partial charge in [0, 0.05) is 29.5 Å². The van der Waals surface area contributed by atoms with Gasteiger partial charge >= 0.3 is 0 Å². The zero-order chi connectivity index (χ0) is 21.8. The van der Waals surface area contributed by atoms with E-state index in [1.54, 1.807) is 31.2 Å². The number of rotatable bonds is 8. The molecule has 1 heterocycles. The molecule has 1 aromatic heterocycles. The lowest BCUT2D eigenvalue weighted by atomic mass is 10.0. The Balaban J connectivity index is 1.55. The van der Waals surface area contributed by atoms with Gasteiger partial charge in [-0.05, 0) is 56.3 Å². The molecule has 1 unspecified atom stereocenters. The van der Waals surface area contributed by atoms with Crippen molar-refractivity contribution in [1.29, 1.82) is 5.26 Å². The van der Waals surface area contributed by atoms with Gasteiger partial charge in [0.1, 0.15) is 11.8 Å². The van der Waals surface area contributed by atoms with Crippen LogP contribution < -0.4 is 9.46 Å². The highest BCUT2D eigenvalue weighted by molar-refractivity contribution is 7.97. The Hall–Kier alpha value is -2.86. The van der Waals surface area contributed by atoms with Gasteiger partial charge in [-0.2, -0.15) is 10.2 Å². The molecule has 0 aliphatic heterocycles. The zero-order valence-electron chi connectivity index (χ0n) is 17.9. The van der Waals surface area contributed by atoms with Gasteiger partial charge in [-0.15, -0.1) is 0 Å². The Labute approximate surface area is 186 Å². The van der Waals surface area contributed by atoms with Crippen molar-refractivity contribution in [2.75, 3.05) is 33.5 Å². The zero-order valence-corrected chi connectivity index (χ0v) is 18.7. The van der Waals surface area contributed by atoms with Gasteiger partial charge in [0.15, 0.2) is 0 Å². The van der Waals surface area contributed by atoms with E-state index in [4.69, 9.17) is 9.26 Å². The molecule has 0 saturated heterocycles. The van der Waals surface area contributed by atoms with Crippen LogP contribution in [0.4, 0.5) is 0 Å². The average molecular weight is 436 g/mol. The molecule has 0 radical (unpaired) electrons. The SMILES string of the molecule is COc1ccc(-c2nc(-c3cccc4c3CCC4NSCCN(C)C)no2)cc1C#N. The van der Waals surface area contributed by atoms with Gasteiger partial charge in [-0.1, -0.05) is 35.3 Å². The van der Waals surface area contributed by atoms with Gasteiger partial charge < -0.3 is 14.2 Å². The van der Waals surface area contributed by atoms with Crippen molar-refractivity contribution < 1.29 is 9.26 Å². The number of methoxy groups -OCH3 is 1. The third-order valence-electron chi connectivity index (χ3n) is 5.37. The van der Waals surface area contributed by atoms with Crippen molar-refractivity contribution in [3.63, 3.8) is 0 Å². The summed E-state index contributed by atoms with van der Waals surface area (Å²) >= 11 is 1.77. The monoisotopic (exact) mass is 435 g/mol. The third-order valence-corrected chi connectivity index (χ3v) is 6.21. The quantitative estimate of drug-likeness (QED) is 0.418. The molecule has 1 aliphatic carbocycles. The van der Waals surface area contributed by atoms with Crippen LogP contribution in [-0.4, -0.2) is 48.5 Å². The molecular weight excluding hydrogens is 410 g/mol. The number of aromatic nitrogens is 2. The second-order valence-electron chi connectivity index (χ2n) is 7.68. The minimum absolute atomic E-state index is 0.327. The van der Waals surface area contributed by atoms with Gasteiger partial charge in [-0.3, -0.25) is 4.72 Å². The normalized spacial score (nSPS) is 15.1. The highest BCUT2D eigenvalue weighted by atomic mass is 32.2. The van der Waals surface area contributed by atoms with E-state index in [9.17, 15) is 5.26 Å². The summed E-state index contributed by atoms with van der Waals surface area (Å²) in [5, 5.41) is 13.6. The summed E-state index contributed by atoms with van der Waals surface area (Å²) in [4.78, 5) is 6.81. The third kappa shape index (κ3) is 4.59. The smallest absolute Gasteiger partial charge is 0.258 e. The van der Waals surface area contributed by atoms with E-state index in [0.29, 0.717) is 34.6 Å². The second kappa shape index (κ2) is 9.52. The lowest BCUT2D eigenvalue weighted by molar-refractivity contribution is 0.413. The maximum Gasteiger partial charge on any atom is 0.258 e. The second-order valence-corrected chi connectivity index (χ2v) is 8.62.